The molecule has 0 aromatic carbocycles. The van der Waals surface area contributed by atoms with Gasteiger partial charge in [-0.05, 0) is 49.7 Å². The van der Waals surface area contributed by atoms with Crippen molar-refractivity contribution in [2.45, 2.75) is 58.3 Å². The molecule has 0 spiro atoms. The number of likely N-dealkylation sites (tertiary alicyclic amines) is 1. The van der Waals surface area contributed by atoms with Gasteiger partial charge in [0.15, 0.2) is 0 Å². The summed E-state index contributed by atoms with van der Waals surface area (Å²) in [6.07, 6.45) is 6.59. The zero-order chi connectivity index (χ0) is 20.5. The van der Waals surface area contributed by atoms with Crippen molar-refractivity contribution < 1.29 is 19.2 Å². The number of nitrogens with zero attached hydrogens (tertiary/aromatic N) is 1. The summed E-state index contributed by atoms with van der Waals surface area (Å²) in [5.41, 5.74) is 6.09. The van der Waals surface area contributed by atoms with Crippen molar-refractivity contribution >= 4 is 35.0 Å². The van der Waals surface area contributed by atoms with Gasteiger partial charge in [-0.3, -0.25) is 34.9 Å². The van der Waals surface area contributed by atoms with Crippen LogP contribution >= 0.6 is 11.3 Å². The fourth-order valence-electron chi connectivity index (χ4n) is 4.73. The number of hydrazine groups is 1. The molecule has 1 saturated carbocycles. The molecule has 7 nitrogen and oxygen atoms in total. The number of aryl methyl sites for hydroxylation is 1. The van der Waals surface area contributed by atoms with Crippen LogP contribution < -0.4 is 10.9 Å². The van der Waals surface area contributed by atoms with E-state index in [9.17, 15) is 19.2 Å². The molecule has 1 aliphatic heterocycles. The van der Waals surface area contributed by atoms with Gasteiger partial charge < -0.3 is 0 Å². The molecular weight excluding hydrogens is 390 g/mol. The summed E-state index contributed by atoms with van der Waals surface area (Å²) >= 11 is 1.48. The molecule has 0 unspecified atom stereocenters. The number of nitrogens with one attached hydrogen (secondary N) is 2. The summed E-state index contributed by atoms with van der Waals surface area (Å²) in [4.78, 5) is 52.4. The van der Waals surface area contributed by atoms with E-state index in [1.165, 1.54) is 26.7 Å². The quantitative estimate of drug-likeness (QED) is 0.580. The Labute approximate surface area is 174 Å². The van der Waals surface area contributed by atoms with Gasteiger partial charge in [-0.1, -0.05) is 19.8 Å². The highest BCUT2D eigenvalue weighted by molar-refractivity contribution is 7.14. The minimum Gasteiger partial charge on any atom is -0.282 e. The summed E-state index contributed by atoms with van der Waals surface area (Å²) in [6, 6.07) is 1.92. The predicted molar refractivity (Wildman–Crippen MR) is 108 cm³/mol. The summed E-state index contributed by atoms with van der Waals surface area (Å²) < 4.78 is 0. The van der Waals surface area contributed by atoms with Crippen molar-refractivity contribution in [2.24, 2.45) is 17.8 Å². The van der Waals surface area contributed by atoms with E-state index in [0.717, 1.165) is 44.9 Å². The molecule has 0 radical (unpaired) electrons. The highest BCUT2D eigenvalue weighted by Gasteiger charge is 2.47. The maximum atomic E-state index is 12.4. The molecule has 3 atom stereocenters. The van der Waals surface area contributed by atoms with Crippen LogP contribution in [0.1, 0.15) is 65.6 Å². The molecule has 2 aliphatic carbocycles. The van der Waals surface area contributed by atoms with Crippen molar-refractivity contribution in [1.29, 1.82) is 0 Å². The smallest absolute Gasteiger partial charge is 0.279 e. The first-order chi connectivity index (χ1) is 13.9. The van der Waals surface area contributed by atoms with Crippen molar-refractivity contribution in [3.63, 3.8) is 0 Å². The van der Waals surface area contributed by atoms with E-state index in [0.29, 0.717) is 10.8 Å². The Morgan fingerprint density at radius 2 is 1.79 bits per heavy atom. The van der Waals surface area contributed by atoms with Gasteiger partial charge in [-0.2, -0.15) is 0 Å². The molecule has 156 valence electrons. The van der Waals surface area contributed by atoms with Crippen molar-refractivity contribution in [3.8, 4) is 0 Å². The van der Waals surface area contributed by atoms with Gasteiger partial charge in [-0.25, -0.2) is 0 Å². The summed E-state index contributed by atoms with van der Waals surface area (Å²) in [7, 11) is 0. The van der Waals surface area contributed by atoms with Crippen LogP contribution in [0, 0.1) is 17.8 Å². The van der Waals surface area contributed by atoms with Crippen molar-refractivity contribution in [3.05, 3.63) is 21.4 Å². The summed E-state index contributed by atoms with van der Waals surface area (Å²) in [5.74, 6) is -0.802. The summed E-state index contributed by atoms with van der Waals surface area (Å²) in [6.45, 7) is 2.28. The number of rotatable bonds is 4. The van der Waals surface area contributed by atoms with E-state index in [1.807, 2.05) is 6.07 Å². The molecule has 8 heteroatoms. The van der Waals surface area contributed by atoms with Crippen LogP contribution in [0.5, 0.6) is 0 Å². The van der Waals surface area contributed by atoms with Crippen molar-refractivity contribution in [2.75, 3.05) is 6.54 Å². The van der Waals surface area contributed by atoms with Gasteiger partial charge in [0.1, 0.15) is 0 Å². The molecule has 29 heavy (non-hydrogen) atoms. The molecule has 1 saturated heterocycles. The zero-order valence-corrected chi connectivity index (χ0v) is 17.5. The van der Waals surface area contributed by atoms with Gasteiger partial charge >= 0.3 is 0 Å². The van der Waals surface area contributed by atoms with E-state index >= 15 is 0 Å². The first-order valence-electron chi connectivity index (χ1n) is 10.5. The molecule has 1 aromatic heterocycles. The molecule has 3 aliphatic rings. The number of carbonyl (C=O) groups excluding carboxylic acids is 4. The number of carbonyl (C=O) groups is 4. The fourth-order valence-corrected chi connectivity index (χ4v) is 5.84. The average Bonchev–Trinajstić information content (AvgIpc) is 3.24. The van der Waals surface area contributed by atoms with Crippen LogP contribution in [0.2, 0.25) is 0 Å². The molecule has 4 rings (SSSR count). The first kappa shape index (κ1) is 20.1. The highest BCUT2D eigenvalue weighted by Crippen LogP contribution is 2.38. The highest BCUT2D eigenvalue weighted by atomic mass is 32.1. The summed E-state index contributed by atoms with van der Waals surface area (Å²) in [5, 5.41) is 0. The number of imide groups is 1. The Balaban J connectivity index is 1.26. The molecular formula is C21H27N3O4S. The molecule has 2 N–H and O–H groups in total. The minimum absolute atomic E-state index is 0.0182. The minimum atomic E-state index is -0.413. The number of fused-ring (bicyclic) bond motifs is 2. The maximum Gasteiger partial charge on any atom is 0.279 e. The predicted octanol–water partition coefficient (Wildman–Crippen LogP) is 2.20. The Morgan fingerprint density at radius 1 is 1.10 bits per heavy atom. The Morgan fingerprint density at radius 3 is 2.48 bits per heavy atom. The van der Waals surface area contributed by atoms with E-state index in [4.69, 9.17) is 0 Å². The molecule has 2 heterocycles. The second kappa shape index (κ2) is 8.26. The largest absolute Gasteiger partial charge is 0.282 e. The standard InChI is InChI=1S/C21H27N3O4S/c1-12-6-7-16-13(10-12)11-17(29-16)19(26)23-22-18(25)8-9-24-20(27)14-4-2-3-5-15(14)21(24)28/h11-12,14-15H,2-10H2,1H3,(H,22,25)(H,23,26)/t12-,14+,15+/m1/s1. The van der Waals surface area contributed by atoms with Gasteiger partial charge in [0.05, 0.1) is 16.7 Å². The number of amides is 4. The lowest BCUT2D eigenvalue weighted by Gasteiger charge is -2.19. The number of hydrogen-bond donors (Lipinski definition) is 2. The Hall–Kier alpha value is -2.22. The second-order valence-corrected chi connectivity index (χ2v) is 9.62. The lowest BCUT2D eigenvalue weighted by atomic mass is 9.81. The fraction of sp³-hybridized carbons (Fsp3) is 0.619. The lowest BCUT2D eigenvalue weighted by Crippen LogP contribution is -2.43. The van der Waals surface area contributed by atoms with Crippen LogP contribution in [-0.2, 0) is 27.2 Å². The zero-order valence-electron chi connectivity index (χ0n) is 16.7. The van der Waals surface area contributed by atoms with Gasteiger partial charge in [0, 0.05) is 17.8 Å². The van der Waals surface area contributed by atoms with Crippen LogP contribution in [0.3, 0.4) is 0 Å². The molecule has 2 fully saturated rings. The molecule has 4 amide bonds. The van der Waals surface area contributed by atoms with Gasteiger partial charge in [0.2, 0.25) is 17.7 Å². The van der Waals surface area contributed by atoms with E-state index in [-0.39, 0.29) is 42.5 Å². The van der Waals surface area contributed by atoms with Crippen molar-refractivity contribution in [1.82, 2.24) is 15.8 Å². The third kappa shape index (κ3) is 4.08. The molecule has 1 aromatic rings. The molecule has 0 bridgehead atoms. The maximum absolute atomic E-state index is 12.4. The topological polar surface area (TPSA) is 95.6 Å². The van der Waals surface area contributed by atoms with Crippen LogP contribution in [-0.4, -0.2) is 35.1 Å². The lowest BCUT2D eigenvalue weighted by molar-refractivity contribution is -0.140. The van der Waals surface area contributed by atoms with E-state index in [1.54, 1.807) is 0 Å². The van der Waals surface area contributed by atoms with E-state index < -0.39 is 5.91 Å². The third-order valence-corrected chi connectivity index (χ3v) is 7.60. The number of hydrogen-bond acceptors (Lipinski definition) is 5. The SMILES string of the molecule is C[C@@H]1CCc2sc(C(=O)NNC(=O)CCN3C(=O)[C@H]4CCCC[C@@H]4C3=O)cc2C1. The second-order valence-electron chi connectivity index (χ2n) is 8.48. The van der Waals surface area contributed by atoms with Crippen LogP contribution in [0.15, 0.2) is 6.07 Å². The van der Waals surface area contributed by atoms with Gasteiger partial charge in [0.25, 0.3) is 5.91 Å². The number of thiophene rings is 1. The normalized spacial score (nSPS) is 26.1. The monoisotopic (exact) mass is 417 g/mol. The van der Waals surface area contributed by atoms with Crippen LogP contribution in [0.25, 0.3) is 0 Å². The third-order valence-electron chi connectivity index (χ3n) is 6.36. The van der Waals surface area contributed by atoms with Gasteiger partial charge in [-0.15, -0.1) is 11.3 Å². The van der Waals surface area contributed by atoms with E-state index in [2.05, 4.69) is 17.8 Å². The first-order valence-corrected chi connectivity index (χ1v) is 11.3. The average molecular weight is 418 g/mol. The van der Waals surface area contributed by atoms with Crippen LogP contribution in [0.4, 0.5) is 0 Å². The Bertz CT molecular complexity index is 825. The Kier molecular flexibility index (Phi) is 5.72.